The Morgan fingerprint density at radius 3 is 3.00 bits per heavy atom. The van der Waals surface area contributed by atoms with Gasteiger partial charge in [0.25, 0.3) is 0 Å². The second-order valence-corrected chi connectivity index (χ2v) is 6.68. The Labute approximate surface area is 129 Å². The third kappa shape index (κ3) is 5.79. The molecule has 0 aromatic carbocycles. The first-order valence-corrected chi connectivity index (χ1v) is 8.57. The van der Waals surface area contributed by atoms with Gasteiger partial charge < -0.3 is 9.84 Å². The zero-order valence-corrected chi connectivity index (χ0v) is 13.9. The van der Waals surface area contributed by atoms with E-state index in [4.69, 9.17) is 4.52 Å². The minimum absolute atomic E-state index is 0.478. The van der Waals surface area contributed by atoms with E-state index < -0.39 is 0 Å². The van der Waals surface area contributed by atoms with E-state index in [2.05, 4.69) is 42.2 Å². The van der Waals surface area contributed by atoms with Gasteiger partial charge in [0.1, 0.15) is 0 Å². The summed E-state index contributed by atoms with van der Waals surface area (Å²) in [6.45, 7) is 10.7. The molecule has 1 atom stereocenters. The minimum Gasteiger partial charge on any atom is -0.360 e. The molecule has 1 fully saturated rings. The smallest absolute Gasteiger partial charge is 0.151 e. The Kier molecular flexibility index (Phi) is 6.71. The maximum absolute atomic E-state index is 5.48. The normalized spacial score (nSPS) is 20.9. The van der Waals surface area contributed by atoms with E-state index in [-0.39, 0.29) is 0 Å². The van der Waals surface area contributed by atoms with Gasteiger partial charge in [0, 0.05) is 18.7 Å². The predicted molar refractivity (Wildman–Crippen MR) is 86.0 cm³/mol. The van der Waals surface area contributed by atoms with Crippen LogP contribution in [0.1, 0.15) is 64.3 Å². The maximum Gasteiger partial charge on any atom is 0.151 e. The lowest BCUT2D eigenvalue weighted by Gasteiger charge is -2.18. The van der Waals surface area contributed by atoms with Crippen LogP contribution < -0.4 is 5.32 Å². The van der Waals surface area contributed by atoms with Gasteiger partial charge in [0.05, 0.1) is 12.2 Å². The fourth-order valence-electron chi connectivity index (χ4n) is 3.12. The first-order chi connectivity index (χ1) is 10.2. The van der Waals surface area contributed by atoms with Gasteiger partial charge in [-0.3, -0.25) is 4.90 Å². The molecule has 0 bridgehead atoms. The molecule has 1 N–H and O–H groups in total. The monoisotopic (exact) mass is 293 g/mol. The zero-order valence-electron chi connectivity index (χ0n) is 13.9. The van der Waals surface area contributed by atoms with Crippen molar-refractivity contribution in [2.24, 2.45) is 5.92 Å². The summed E-state index contributed by atoms with van der Waals surface area (Å²) in [4.78, 5) is 2.52. The molecule has 0 spiro atoms. The first kappa shape index (κ1) is 16.5. The van der Waals surface area contributed by atoms with Crippen LogP contribution in [0, 0.1) is 5.92 Å². The number of nitrogens with zero attached hydrogens (tertiary/aromatic N) is 2. The standard InChI is InChI=1S/C17H31N3O/c1-4-6-15-7-5-9-20(10-8-15)13-17-11-16(19-21-17)12-18-14(2)3/h11,14-15,18H,4-10,12-13H2,1-3H3. The average Bonchev–Trinajstić information content (AvgIpc) is 2.78. The Balaban J connectivity index is 1.78. The molecule has 1 unspecified atom stereocenters. The molecule has 0 saturated carbocycles. The fourth-order valence-corrected chi connectivity index (χ4v) is 3.12. The number of likely N-dealkylation sites (tertiary alicyclic amines) is 1. The van der Waals surface area contributed by atoms with Crippen LogP contribution in [0.2, 0.25) is 0 Å². The molecule has 2 rings (SSSR count). The van der Waals surface area contributed by atoms with Crippen molar-refractivity contribution in [1.82, 2.24) is 15.4 Å². The molecule has 1 aromatic heterocycles. The highest BCUT2D eigenvalue weighted by Crippen LogP contribution is 2.22. The van der Waals surface area contributed by atoms with Crippen molar-refractivity contribution in [3.63, 3.8) is 0 Å². The van der Waals surface area contributed by atoms with Crippen molar-refractivity contribution < 1.29 is 4.52 Å². The molecule has 0 radical (unpaired) electrons. The summed E-state index contributed by atoms with van der Waals surface area (Å²) in [6, 6.07) is 2.58. The molecule has 0 aliphatic carbocycles. The quantitative estimate of drug-likeness (QED) is 0.834. The Bertz CT molecular complexity index is 402. The maximum atomic E-state index is 5.48. The summed E-state index contributed by atoms with van der Waals surface area (Å²) in [5.41, 5.74) is 1.01. The molecule has 21 heavy (non-hydrogen) atoms. The van der Waals surface area contributed by atoms with Crippen LogP contribution in [0.25, 0.3) is 0 Å². The van der Waals surface area contributed by atoms with Gasteiger partial charge in [-0.05, 0) is 38.3 Å². The molecule has 1 saturated heterocycles. The highest BCUT2D eigenvalue weighted by Gasteiger charge is 2.17. The third-order valence-corrected chi connectivity index (χ3v) is 4.32. The molecule has 1 aliphatic heterocycles. The second kappa shape index (κ2) is 8.54. The number of rotatable bonds is 7. The lowest BCUT2D eigenvalue weighted by molar-refractivity contribution is 0.235. The lowest BCUT2D eigenvalue weighted by atomic mass is 9.96. The van der Waals surface area contributed by atoms with E-state index in [9.17, 15) is 0 Å². The van der Waals surface area contributed by atoms with Crippen LogP contribution in [-0.2, 0) is 13.1 Å². The van der Waals surface area contributed by atoms with Gasteiger partial charge >= 0.3 is 0 Å². The number of aromatic nitrogens is 1. The van der Waals surface area contributed by atoms with Crippen molar-refractivity contribution >= 4 is 0 Å². The number of nitrogens with one attached hydrogen (secondary N) is 1. The molecule has 120 valence electrons. The Morgan fingerprint density at radius 2 is 2.24 bits per heavy atom. The average molecular weight is 293 g/mol. The SMILES string of the molecule is CCCC1CCCN(Cc2cc(CNC(C)C)no2)CC1. The van der Waals surface area contributed by atoms with Crippen molar-refractivity contribution in [2.75, 3.05) is 13.1 Å². The highest BCUT2D eigenvalue weighted by molar-refractivity contribution is 5.05. The summed E-state index contributed by atoms with van der Waals surface area (Å²) < 4.78 is 5.48. The number of hydrogen-bond donors (Lipinski definition) is 1. The van der Waals surface area contributed by atoms with Crippen molar-refractivity contribution in [3.8, 4) is 0 Å². The molecule has 4 heteroatoms. The topological polar surface area (TPSA) is 41.3 Å². The Hall–Kier alpha value is -0.870. The summed E-state index contributed by atoms with van der Waals surface area (Å²) in [6.07, 6.45) is 6.76. The van der Waals surface area contributed by atoms with Gasteiger partial charge in [-0.2, -0.15) is 0 Å². The van der Waals surface area contributed by atoms with Gasteiger partial charge in [0.15, 0.2) is 5.76 Å². The molecule has 4 nitrogen and oxygen atoms in total. The molecule has 2 heterocycles. The van der Waals surface area contributed by atoms with Crippen LogP contribution in [-0.4, -0.2) is 29.2 Å². The highest BCUT2D eigenvalue weighted by atomic mass is 16.5. The summed E-state index contributed by atoms with van der Waals surface area (Å²) in [5, 5.41) is 7.53. The van der Waals surface area contributed by atoms with Gasteiger partial charge in [-0.25, -0.2) is 0 Å². The molecule has 1 aliphatic rings. The predicted octanol–water partition coefficient (Wildman–Crippen LogP) is 3.57. The zero-order chi connectivity index (χ0) is 15.1. The van der Waals surface area contributed by atoms with Crippen LogP contribution >= 0.6 is 0 Å². The molecular formula is C17H31N3O. The van der Waals surface area contributed by atoms with Crippen LogP contribution in [0.3, 0.4) is 0 Å². The van der Waals surface area contributed by atoms with Crippen LogP contribution in [0.4, 0.5) is 0 Å². The van der Waals surface area contributed by atoms with Gasteiger partial charge in [-0.1, -0.05) is 38.8 Å². The van der Waals surface area contributed by atoms with Crippen molar-refractivity contribution in [2.45, 2.75) is 72.0 Å². The van der Waals surface area contributed by atoms with Gasteiger partial charge in [-0.15, -0.1) is 0 Å². The summed E-state index contributed by atoms with van der Waals surface area (Å²) >= 11 is 0. The Morgan fingerprint density at radius 1 is 1.38 bits per heavy atom. The first-order valence-electron chi connectivity index (χ1n) is 8.57. The van der Waals surface area contributed by atoms with E-state index in [0.717, 1.165) is 30.5 Å². The van der Waals surface area contributed by atoms with Crippen molar-refractivity contribution in [3.05, 3.63) is 17.5 Å². The minimum atomic E-state index is 0.478. The van der Waals surface area contributed by atoms with E-state index in [1.807, 2.05) is 0 Å². The molecular weight excluding hydrogens is 262 g/mol. The van der Waals surface area contributed by atoms with Crippen LogP contribution in [0.15, 0.2) is 10.6 Å². The third-order valence-electron chi connectivity index (χ3n) is 4.32. The van der Waals surface area contributed by atoms with E-state index in [0.29, 0.717) is 6.04 Å². The summed E-state index contributed by atoms with van der Waals surface area (Å²) in [5.74, 6) is 1.94. The number of hydrogen-bond acceptors (Lipinski definition) is 4. The van der Waals surface area contributed by atoms with E-state index in [1.165, 1.54) is 45.2 Å². The summed E-state index contributed by atoms with van der Waals surface area (Å²) in [7, 11) is 0. The largest absolute Gasteiger partial charge is 0.360 e. The van der Waals surface area contributed by atoms with E-state index in [1.54, 1.807) is 0 Å². The van der Waals surface area contributed by atoms with E-state index >= 15 is 0 Å². The second-order valence-electron chi connectivity index (χ2n) is 6.68. The molecule has 0 amide bonds. The van der Waals surface area contributed by atoms with Crippen molar-refractivity contribution in [1.29, 1.82) is 0 Å². The van der Waals surface area contributed by atoms with Crippen LogP contribution in [0.5, 0.6) is 0 Å². The molecule has 1 aromatic rings. The fraction of sp³-hybridized carbons (Fsp3) is 0.824. The van der Waals surface area contributed by atoms with Gasteiger partial charge in [0.2, 0.25) is 0 Å². The lowest BCUT2D eigenvalue weighted by Crippen LogP contribution is -2.24.